The lowest BCUT2D eigenvalue weighted by Gasteiger charge is -2.26. The summed E-state index contributed by atoms with van der Waals surface area (Å²) >= 11 is 0. The largest absolute Gasteiger partial charge is 0.207 e. The lowest BCUT2D eigenvalue weighted by Crippen LogP contribution is -2.11. The molecule has 0 aromatic heterocycles. The first-order chi connectivity index (χ1) is 6.77. The molecule has 1 saturated carbocycles. The Morgan fingerprint density at radius 1 is 1.07 bits per heavy atom. The lowest BCUT2D eigenvalue weighted by atomic mass is 9.79. The SMILES string of the molecule is C[C@H]1CC[C@@H](c2ccccc2F)CC1. The second kappa shape index (κ2) is 4.12. The molecule has 2 rings (SSSR count). The Morgan fingerprint density at radius 2 is 1.71 bits per heavy atom. The minimum Gasteiger partial charge on any atom is -0.207 e. The summed E-state index contributed by atoms with van der Waals surface area (Å²) in [6, 6.07) is 7.23. The summed E-state index contributed by atoms with van der Waals surface area (Å²) in [7, 11) is 0. The van der Waals surface area contributed by atoms with Gasteiger partial charge in [-0.2, -0.15) is 0 Å². The van der Waals surface area contributed by atoms with Crippen molar-refractivity contribution in [3.05, 3.63) is 35.6 Å². The minimum atomic E-state index is -0.0212. The van der Waals surface area contributed by atoms with E-state index in [1.165, 1.54) is 12.8 Å². The predicted octanol–water partition coefficient (Wildman–Crippen LogP) is 4.12. The van der Waals surface area contributed by atoms with Crippen LogP contribution in [0.5, 0.6) is 0 Å². The first kappa shape index (κ1) is 9.70. The van der Waals surface area contributed by atoms with Gasteiger partial charge in [-0.1, -0.05) is 38.0 Å². The molecule has 0 atom stereocenters. The Kier molecular flexibility index (Phi) is 2.85. The fourth-order valence-corrected chi connectivity index (χ4v) is 2.38. The van der Waals surface area contributed by atoms with Crippen molar-refractivity contribution in [3.63, 3.8) is 0 Å². The molecular formula is C13H17F. The molecular weight excluding hydrogens is 175 g/mol. The van der Waals surface area contributed by atoms with Crippen molar-refractivity contribution in [2.75, 3.05) is 0 Å². The van der Waals surface area contributed by atoms with Crippen LogP contribution >= 0.6 is 0 Å². The quantitative estimate of drug-likeness (QED) is 0.628. The third-order valence-corrected chi connectivity index (χ3v) is 3.36. The molecule has 14 heavy (non-hydrogen) atoms. The van der Waals surface area contributed by atoms with Gasteiger partial charge in [0.05, 0.1) is 0 Å². The molecule has 0 unspecified atom stereocenters. The van der Waals surface area contributed by atoms with Crippen LogP contribution < -0.4 is 0 Å². The van der Waals surface area contributed by atoms with Crippen LogP contribution in [0, 0.1) is 11.7 Å². The van der Waals surface area contributed by atoms with Gasteiger partial charge >= 0.3 is 0 Å². The summed E-state index contributed by atoms with van der Waals surface area (Å²) in [6.07, 6.45) is 4.81. The monoisotopic (exact) mass is 192 g/mol. The maximum absolute atomic E-state index is 13.5. The van der Waals surface area contributed by atoms with Gasteiger partial charge in [-0.05, 0) is 36.3 Å². The van der Waals surface area contributed by atoms with Gasteiger partial charge in [-0.15, -0.1) is 0 Å². The fraction of sp³-hybridized carbons (Fsp3) is 0.538. The zero-order chi connectivity index (χ0) is 9.97. The summed E-state index contributed by atoms with van der Waals surface area (Å²) < 4.78 is 13.5. The Morgan fingerprint density at radius 3 is 2.36 bits per heavy atom. The molecule has 76 valence electrons. The van der Waals surface area contributed by atoms with Crippen molar-refractivity contribution in [1.82, 2.24) is 0 Å². The van der Waals surface area contributed by atoms with Crippen molar-refractivity contribution in [2.45, 2.75) is 38.5 Å². The van der Waals surface area contributed by atoms with Gasteiger partial charge in [0.2, 0.25) is 0 Å². The standard InChI is InChI=1S/C13H17F/c1-10-6-8-11(9-7-10)12-4-2-3-5-13(12)14/h2-5,10-11H,6-9H2,1H3/t10-,11+. The first-order valence-corrected chi connectivity index (χ1v) is 5.52. The van der Waals surface area contributed by atoms with Crippen molar-refractivity contribution in [1.29, 1.82) is 0 Å². The maximum Gasteiger partial charge on any atom is 0.126 e. The van der Waals surface area contributed by atoms with Gasteiger partial charge in [-0.25, -0.2) is 4.39 Å². The summed E-state index contributed by atoms with van der Waals surface area (Å²) in [6.45, 7) is 2.29. The summed E-state index contributed by atoms with van der Waals surface area (Å²) in [5.74, 6) is 1.28. The lowest BCUT2D eigenvalue weighted by molar-refractivity contribution is 0.342. The van der Waals surface area contributed by atoms with Gasteiger partial charge in [0.1, 0.15) is 5.82 Å². The second-order valence-electron chi connectivity index (χ2n) is 4.48. The highest BCUT2D eigenvalue weighted by molar-refractivity contribution is 5.22. The average molecular weight is 192 g/mol. The molecule has 0 N–H and O–H groups in total. The first-order valence-electron chi connectivity index (χ1n) is 5.52. The zero-order valence-electron chi connectivity index (χ0n) is 8.67. The van der Waals surface area contributed by atoms with Gasteiger partial charge in [0.25, 0.3) is 0 Å². The van der Waals surface area contributed by atoms with E-state index in [0.717, 1.165) is 24.3 Å². The van der Waals surface area contributed by atoms with Gasteiger partial charge in [-0.3, -0.25) is 0 Å². The molecule has 1 fully saturated rings. The summed E-state index contributed by atoms with van der Waals surface area (Å²) in [5.41, 5.74) is 0.930. The van der Waals surface area contributed by atoms with Crippen LogP contribution in [0.15, 0.2) is 24.3 Å². The predicted molar refractivity (Wildman–Crippen MR) is 56.8 cm³/mol. The molecule has 1 heteroatoms. The fourth-order valence-electron chi connectivity index (χ4n) is 2.38. The number of hydrogen-bond donors (Lipinski definition) is 0. The number of benzene rings is 1. The van der Waals surface area contributed by atoms with E-state index in [1.54, 1.807) is 12.1 Å². The maximum atomic E-state index is 13.5. The van der Waals surface area contributed by atoms with Crippen LogP contribution in [0.3, 0.4) is 0 Å². The van der Waals surface area contributed by atoms with Gasteiger partial charge in [0, 0.05) is 0 Å². The topological polar surface area (TPSA) is 0 Å². The normalized spacial score (nSPS) is 27.6. The molecule has 0 radical (unpaired) electrons. The van der Waals surface area contributed by atoms with Crippen LogP contribution in [0.25, 0.3) is 0 Å². The second-order valence-corrected chi connectivity index (χ2v) is 4.48. The number of rotatable bonds is 1. The smallest absolute Gasteiger partial charge is 0.126 e. The van der Waals surface area contributed by atoms with E-state index in [1.807, 2.05) is 12.1 Å². The molecule has 1 aromatic carbocycles. The highest BCUT2D eigenvalue weighted by Crippen LogP contribution is 2.36. The summed E-state index contributed by atoms with van der Waals surface area (Å²) in [5, 5.41) is 0. The molecule has 1 aliphatic rings. The molecule has 1 aromatic rings. The molecule has 0 nitrogen and oxygen atoms in total. The van der Waals surface area contributed by atoms with E-state index in [2.05, 4.69) is 6.92 Å². The number of hydrogen-bond acceptors (Lipinski definition) is 0. The van der Waals surface area contributed by atoms with E-state index in [4.69, 9.17) is 0 Å². The third kappa shape index (κ3) is 1.97. The van der Waals surface area contributed by atoms with Gasteiger partial charge in [0.15, 0.2) is 0 Å². The molecule has 0 heterocycles. The van der Waals surface area contributed by atoms with Crippen molar-refractivity contribution in [3.8, 4) is 0 Å². The number of halogens is 1. The molecule has 0 bridgehead atoms. The van der Waals surface area contributed by atoms with E-state index in [9.17, 15) is 4.39 Å². The highest BCUT2D eigenvalue weighted by atomic mass is 19.1. The van der Waals surface area contributed by atoms with Crippen LogP contribution in [-0.2, 0) is 0 Å². The van der Waals surface area contributed by atoms with Crippen LogP contribution in [0.4, 0.5) is 4.39 Å². The van der Waals surface area contributed by atoms with Crippen molar-refractivity contribution in [2.24, 2.45) is 5.92 Å². The molecule has 0 aliphatic heterocycles. The molecule has 0 saturated heterocycles. The minimum absolute atomic E-state index is 0.0212. The van der Waals surface area contributed by atoms with Crippen LogP contribution in [0.1, 0.15) is 44.1 Å². The van der Waals surface area contributed by atoms with Crippen molar-refractivity contribution < 1.29 is 4.39 Å². The van der Waals surface area contributed by atoms with E-state index >= 15 is 0 Å². The summed E-state index contributed by atoms with van der Waals surface area (Å²) in [4.78, 5) is 0. The van der Waals surface area contributed by atoms with Crippen molar-refractivity contribution >= 4 is 0 Å². The Hall–Kier alpha value is -0.850. The third-order valence-electron chi connectivity index (χ3n) is 3.36. The molecule has 0 spiro atoms. The van der Waals surface area contributed by atoms with Crippen LogP contribution in [0.2, 0.25) is 0 Å². The Balaban J connectivity index is 2.12. The van der Waals surface area contributed by atoms with E-state index < -0.39 is 0 Å². The highest BCUT2D eigenvalue weighted by Gasteiger charge is 2.21. The van der Waals surface area contributed by atoms with Gasteiger partial charge < -0.3 is 0 Å². The average Bonchev–Trinajstić information content (AvgIpc) is 2.20. The Labute approximate surface area is 85.1 Å². The van der Waals surface area contributed by atoms with Crippen LogP contribution in [-0.4, -0.2) is 0 Å². The van der Waals surface area contributed by atoms with E-state index in [0.29, 0.717) is 5.92 Å². The zero-order valence-corrected chi connectivity index (χ0v) is 8.67. The van der Waals surface area contributed by atoms with E-state index in [-0.39, 0.29) is 5.82 Å². The molecule has 1 aliphatic carbocycles. The molecule has 0 amide bonds. The Bertz CT molecular complexity index is 298.